The lowest BCUT2D eigenvalue weighted by atomic mass is 10.0. The predicted molar refractivity (Wildman–Crippen MR) is 86.0 cm³/mol. The van der Waals surface area contributed by atoms with Gasteiger partial charge in [-0.25, -0.2) is 0 Å². The van der Waals surface area contributed by atoms with E-state index in [4.69, 9.17) is 14.2 Å². The van der Waals surface area contributed by atoms with Gasteiger partial charge in [-0.2, -0.15) is 0 Å². The van der Waals surface area contributed by atoms with Gasteiger partial charge in [-0.3, -0.25) is 0 Å². The maximum Gasteiger partial charge on any atom is 0.123 e. The smallest absolute Gasteiger partial charge is 0.123 e. The van der Waals surface area contributed by atoms with Crippen molar-refractivity contribution in [3.63, 3.8) is 0 Å². The molecule has 4 nitrogen and oxygen atoms in total. The van der Waals surface area contributed by atoms with Crippen LogP contribution < -0.4 is 10.1 Å². The van der Waals surface area contributed by atoms with Crippen molar-refractivity contribution in [1.82, 2.24) is 5.32 Å². The number of ether oxygens (including phenoxy) is 3. The average molecular weight is 295 g/mol. The summed E-state index contributed by atoms with van der Waals surface area (Å²) in [6, 6.07) is 6.31. The van der Waals surface area contributed by atoms with Crippen molar-refractivity contribution in [3.05, 3.63) is 29.3 Å². The summed E-state index contributed by atoms with van der Waals surface area (Å²) in [5, 5.41) is 3.28. The highest BCUT2D eigenvalue weighted by atomic mass is 16.5. The SMILES string of the molecule is CNC(COCCOCC(C)C)c1cc(C)ccc1OC. The highest BCUT2D eigenvalue weighted by Gasteiger charge is 2.14. The number of likely N-dealkylation sites (N-methyl/N-ethyl adjacent to an activating group) is 1. The van der Waals surface area contributed by atoms with Crippen LogP contribution in [0.5, 0.6) is 5.75 Å². The van der Waals surface area contributed by atoms with Gasteiger partial charge < -0.3 is 19.5 Å². The van der Waals surface area contributed by atoms with Crippen LogP contribution in [0.3, 0.4) is 0 Å². The zero-order chi connectivity index (χ0) is 15.7. The molecule has 120 valence electrons. The first-order chi connectivity index (χ1) is 10.1. The van der Waals surface area contributed by atoms with E-state index >= 15 is 0 Å². The molecule has 0 saturated heterocycles. The van der Waals surface area contributed by atoms with Crippen LogP contribution in [0.4, 0.5) is 0 Å². The molecule has 1 rings (SSSR count). The zero-order valence-electron chi connectivity index (χ0n) is 13.9. The number of methoxy groups -OCH3 is 1. The summed E-state index contributed by atoms with van der Waals surface area (Å²) >= 11 is 0. The second-order valence-electron chi connectivity index (χ2n) is 5.63. The quantitative estimate of drug-likeness (QED) is 0.674. The third-order valence-corrected chi connectivity index (χ3v) is 3.22. The van der Waals surface area contributed by atoms with E-state index in [-0.39, 0.29) is 6.04 Å². The van der Waals surface area contributed by atoms with Crippen molar-refractivity contribution in [2.75, 3.05) is 40.6 Å². The van der Waals surface area contributed by atoms with Crippen molar-refractivity contribution in [2.45, 2.75) is 26.8 Å². The van der Waals surface area contributed by atoms with Gasteiger partial charge in [-0.15, -0.1) is 0 Å². The number of hydrogen-bond donors (Lipinski definition) is 1. The molecule has 1 unspecified atom stereocenters. The van der Waals surface area contributed by atoms with Gasteiger partial charge in [-0.05, 0) is 26.0 Å². The van der Waals surface area contributed by atoms with E-state index in [1.165, 1.54) is 5.56 Å². The molecule has 4 heteroatoms. The molecule has 21 heavy (non-hydrogen) atoms. The number of aryl methyl sites for hydroxylation is 1. The molecule has 0 bridgehead atoms. The van der Waals surface area contributed by atoms with Crippen LogP contribution >= 0.6 is 0 Å². The van der Waals surface area contributed by atoms with Crippen LogP contribution in [-0.2, 0) is 9.47 Å². The monoisotopic (exact) mass is 295 g/mol. The van der Waals surface area contributed by atoms with Gasteiger partial charge in [0.25, 0.3) is 0 Å². The van der Waals surface area contributed by atoms with Crippen LogP contribution in [0.2, 0.25) is 0 Å². The summed E-state index contributed by atoms with van der Waals surface area (Å²) in [5.74, 6) is 1.45. The molecular formula is C17H29NO3. The molecule has 0 aliphatic heterocycles. The van der Waals surface area contributed by atoms with Crippen molar-refractivity contribution in [1.29, 1.82) is 0 Å². The minimum atomic E-state index is 0.116. The minimum Gasteiger partial charge on any atom is -0.496 e. The maximum atomic E-state index is 5.72. The Morgan fingerprint density at radius 2 is 1.76 bits per heavy atom. The Morgan fingerprint density at radius 1 is 1.10 bits per heavy atom. The van der Waals surface area contributed by atoms with Gasteiger partial charge in [0.15, 0.2) is 0 Å². The Hall–Kier alpha value is -1.10. The van der Waals surface area contributed by atoms with E-state index in [0.29, 0.717) is 25.7 Å². The molecule has 0 amide bonds. The molecular weight excluding hydrogens is 266 g/mol. The fourth-order valence-corrected chi connectivity index (χ4v) is 2.09. The summed E-state index contributed by atoms with van der Waals surface area (Å²) in [7, 11) is 3.63. The third kappa shape index (κ3) is 6.46. The maximum absolute atomic E-state index is 5.72. The molecule has 0 aliphatic rings. The Morgan fingerprint density at radius 3 is 2.33 bits per heavy atom. The first-order valence-corrected chi connectivity index (χ1v) is 7.55. The summed E-state index contributed by atoms with van der Waals surface area (Å²) < 4.78 is 16.7. The van der Waals surface area contributed by atoms with E-state index in [2.05, 4.69) is 38.2 Å². The second kappa shape index (κ2) is 9.77. The topological polar surface area (TPSA) is 39.7 Å². The van der Waals surface area contributed by atoms with Crippen molar-refractivity contribution in [3.8, 4) is 5.75 Å². The van der Waals surface area contributed by atoms with E-state index in [9.17, 15) is 0 Å². The molecule has 0 aliphatic carbocycles. The predicted octanol–water partition coefficient (Wildman–Crippen LogP) is 2.95. The Bertz CT molecular complexity index is 407. The average Bonchev–Trinajstić information content (AvgIpc) is 2.46. The number of nitrogens with one attached hydrogen (secondary N) is 1. The summed E-state index contributed by atoms with van der Waals surface area (Å²) in [6.07, 6.45) is 0. The van der Waals surface area contributed by atoms with Gasteiger partial charge in [0, 0.05) is 12.2 Å². The number of hydrogen-bond acceptors (Lipinski definition) is 4. The van der Waals surface area contributed by atoms with E-state index < -0.39 is 0 Å². The van der Waals surface area contributed by atoms with Gasteiger partial charge in [-0.1, -0.05) is 31.5 Å². The fourth-order valence-electron chi connectivity index (χ4n) is 2.09. The molecule has 1 aromatic carbocycles. The fraction of sp³-hybridized carbons (Fsp3) is 0.647. The first kappa shape index (κ1) is 18.0. The standard InChI is InChI=1S/C17H29NO3/c1-13(2)11-20-8-9-21-12-16(18-4)15-10-14(3)6-7-17(15)19-5/h6-7,10,13,16,18H,8-9,11-12H2,1-5H3. The lowest BCUT2D eigenvalue weighted by Crippen LogP contribution is -2.23. The van der Waals surface area contributed by atoms with E-state index in [1.807, 2.05) is 13.1 Å². The van der Waals surface area contributed by atoms with Crippen LogP contribution in [0.15, 0.2) is 18.2 Å². The largest absolute Gasteiger partial charge is 0.496 e. The Kier molecular flexibility index (Phi) is 8.35. The highest BCUT2D eigenvalue weighted by Crippen LogP contribution is 2.26. The summed E-state index contributed by atoms with van der Waals surface area (Å²) in [6.45, 7) is 8.99. The molecule has 0 saturated carbocycles. The minimum absolute atomic E-state index is 0.116. The molecule has 0 spiro atoms. The zero-order valence-corrected chi connectivity index (χ0v) is 13.9. The lowest BCUT2D eigenvalue weighted by Gasteiger charge is -2.20. The van der Waals surface area contributed by atoms with Gasteiger partial charge in [0.1, 0.15) is 5.75 Å². The van der Waals surface area contributed by atoms with Crippen molar-refractivity contribution in [2.24, 2.45) is 5.92 Å². The summed E-state index contributed by atoms with van der Waals surface area (Å²) in [4.78, 5) is 0. The third-order valence-electron chi connectivity index (χ3n) is 3.22. The van der Waals surface area contributed by atoms with E-state index in [0.717, 1.165) is 17.9 Å². The second-order valence-corrected chi connectivity index (χ2v) is 5.63. The summed E-state index contributed by atoms with van der Waals surface area (Å²) in [5.41, 5.74) is 2.34. The molecule has 1 atom stereocenters. The number of rotatable bonds is 10. The highest BCUT2D eigenvalue weighted by molar-refractivity contribution is 5.39. The van der Waals surface area contributed by atoms with Gasteiger partial charge in [0.2, 0.25) is 0 Å². The Labute approximate surface area is 128 Å². The molecule has 1 aromatic rings. The number of benzene rings is 1. The van der Waals surface area contributed by atoms with E-state index in [1.54, 1.807) is 7.11 Å². The van der Waals surface area contributed by atoms with Crippen LogP contribution in [-0.4, -0.2) is 40.6 Å². The first-order valence-electron chi connectivity index (χ1n) is 7.55. The molecule has 0 aromatic heterocycles. The molecule has 0 radical (unpaired) electrons. The van der Waals surface area contributed by atoms with Gasteiger partial charge in [0.05, 0.1) is 33.0 Å². The molecule has 0 heterocycles. The van der Waals surface area contributed by atoms with Crippen molar-refractivity contribution >= 4 is 0 Å². The van der Waals surface area contributed by atoms with Crippen molar-refractivity contribution < 1.29 is 14.2 Å². The lowest BCUT2D eigenvalue weighted by molar-refractivity contribution is 0.0307. The van der Waals surface area contributed by atoms with Crippen LogP contribution in [0.25, 0.3) is 0 Å². The van der Waals surface area contributed by atoms with Crippen LogP contribution in [0, 0.1) is 12.8 Å². The van der Waals surface area contributed by atoms with Gasteiger partial charge >= 0.3 is 0 Å². The van der Waals surface area contributed by atoms with Crippen LogP contribution in [0.1, 0.15) is 31.0 Å². The normalized spacial score (nSPS) is 12.7. The molecule has 0 fully saturated rings. The molecule has 1 N–H and O–H groups in total. The Balaban J connectivity index is 2.46.